The van der Waals surface area contributed by atoms with Gasteiger partial charge in [0.25, 0.3) is 0 Å². The lowest BCUT2D eigenvalue weighted by atomic mass is 9.90. The lowest BCUT2D eigenvalue weighted by molar-refractivity contribution is -0.121. The van der Waals surface area contributed by atoms with Crippen molar-refractivity contribution < 1.29 is 9.59 Å². The third-order valence-corrected chi connectivity index (χ3v) is 4.25. The standard InChI is InChI=1S/C19H28N4O2/c1-12(2)18(25)22-15-8-7-14(5)16(9-15)21-10-17(24)23-19(6,11-20)13(3)4/h7-9,12-13,21H,10H2,1-6H3,(H,22,25)(H,23,24)/t19-/m1/s1. The number of carbonyl (C=O) groups excluding carboxylic acids is 2. The van der Waals surface area contributed by atoms with Gasteiger partial charge in [-0.1, -0.05) is 33.8 Å². The number of carbonyl (C=O) groups is 2. The van der Waals surface area contributed by atoms with Crippen LogP contribution in [-0.2, 0) is 9.59 Å². The van der Waals surface area contributed by atoms with E-state index in [1.165, 1.54) is 0 Å². The maximum atomic E-state index is 12.2. The van der Waals surface area contributed by atoms with Gasteiger partial charge in [0.1, 0.15) is 5.54 Å². The fraction of sp³-hybridized carbons (Fsp3) is 0.526. The quantitative estimate of drug-likeness (QED) is 0.708. The summed E-state index contributed by atoms with van der Waals surface area (Å²) in [6.07, 6.45) is 0. The molecule has 136 valence electrons. The molecule has 6 heteroatoms. The summed E-state index contributed by atoms with van der Waals surface area (Å²) in [6, 6.07) is 7.66. The van der Waals surface area contributed by atoms with Crippen LogP contribution in [0.5, 0.6) is 0 Å². The Balaban J connectivity index is 2.75. The average Bonchev–Trinajstić information content (AvgIpc) is 2.54. The van der Waals surface area contributed by atoms with Gasteiger partial charge in [-0.15, -0.1) is 0 Å². The molecule has 0 aromatic heterocycles. The average molecular weight is 344 g/mol. The van der Waals surface area contributed by atoms with Crippen molar-refractivity contribution >= 4 is 23.2 Å². The van der Waals surface area contributed by atoms with Gasteiger partial charge in [-0.25, -0.2) is 0 Å². The van der Waals surface area contributed by atoms with Gasteiger partial charge in [-0.05, 0) is 37.5 Å². The van der Waals surface area contributed by atoms with Crippen LogP contribution in [0.15, 0.2) is 18.2 Å². The second kappa shape index (κ2) is 8.52. The van der Waals surface area contributed by atoms with Crippen LogP contribution in [0.3, 0.4) is 0 Å². The van der Waals surface area contributed by atoms with Crippen LogP contribution < -0.4 is 16.0 Å². The van der Waals surface area contributed by atoms with E-state index in [9.17, 15) is 14.9 Å². The van der Waals surface area contributed by atoms with Crippen LogP contribution in [0.25, 0.3) is 0 Å². The topological polar surface area (TPSA) is 94.0 Å². The Labute approximate surface area is 150 Å². The molecule has 0 spiro atoms. The number of nitriles is 1. The van der Waals surface area contributed by atoms with Gasteiger partial charge in [0.05, 0.1) is 12.6 Å². The predicted octanol–water partition coefficient (Wildman–Crippen LogP) is 3.06. The van der Waals surface area contributed by atoms with E-state index in [1.807, 2.05) is 46.8 Å². The molecule has 0 heterocycles. The largest absolute Gasteiger partial charge is 0.376 e. The van der Waals surface area contributed by atoms with Crippen LogP contribution in [0.2, 0.25) is 0 Å². The van der Waals surface area contributed by atoms with Crippen LogP contribution in [0.4, 0.5) is 11.4 Å². The second-order valence-corrected chi connectivity index (χ2v) is 7.04. The zero-order valence-electron chi connectivity index (χ0n) is 15.9. The maximum absolute atomic E-state index is 12.2. The number of nitrogens with one attached hydrogen (secondary N) is 3. The first-order valence-corrected chi connectivity index (χ1v) is 8.46. The fourth-order valence-electron chi connectivity index (χ4n) is 1.99. The lowest BCUT2D eigenvalue weighted by Gasteiger charge is -2.27. The minimum Gasteiger partial charge on any atom is -0.376 e. The number of anilines is 2. The summed E-state index contributed by atoms with van der Waals surface area (Å²) in [5.74, 6) is -0.427. The molecule has 0 bridgehead atoms. The number of benzene rings is 1. The first-order valence-electron chi connectivity index (χ1n) is 8.46. The molecule has 0 saturated carbocycles. The summed E-state index contributed by atoms with van der Waals surface area (Å²) in [6.45, 7) is 11.1. The predicted molar refractivity (Wildman–Crippen MR) is 100 cm³/mol. The highest BCUT2D eigenvalue weighted by molar-refractivity contribution is 5.92. The Kier molecular flexibility index (Phi) is 6.98. The van der Waals surface area contributed by atoms with E-state index in [-0.39, 0.29) is 30.2 Å². The maximum Gasteiger partial charge on any atom is 0.240 e. The highest BCUT2D eigenvalue weighted by Gasteiger charge is 2.29. The number of hydrogen-bond donors (Lipinski definition) is 3. The molecule has 0 unspecified atom stereocenters. The monoisotopic (exact) mass is 344 g/mol. The minimum atomic E-state index is -0.902. The van der Waals surface area contributed by atoms with Gasteiger partial charge in [0.15, 0.2) is 0 Å². The Hall–Kier alpha value is -2.55. The second-order valence-electron chi connectivity index (χ2n) is 7.04. The van der Waals surface area contributed by atoms with Crippen LogP contribution in [0, 0.1) is 30.1 Å². The third kappa shape index (κ3) is 5.79. The molecule has 0 saturated heterocycles. The molecule has 0 radical (unpaired) electrons. The van der Waals surface area contributed by atoms with E-state index in [1.54, 1.807) is 13.0 Å². The molecule has 6 nitrogen and oxygen atoms in total. The zero-order chi connectivity index (χ0) is 19.2. The van der Waals surface area contributed by atoms with Crippen molar-refractivity contribution in [3.63, 3.8) is 0 Å². The summed E-state index contributed by atoms with van der Waals surface area (Å²) in [5, 5.41) is 17.9. The van der Waals surface area contributed by atoms with E-state index in [2.05, 4.69) is 22.0 Å². The van der Waals surface area contributed by atoms with Gasteiger partial charge >= 0.3 is 0 Å². The number of hydrogen-bond acceptors (Lipinski definition) is 4. The Bertz CT molecular complexity index is 676. The molecule has 0 aliphatic carbocycles. The van der Waals surface area contributed by atoms with Crippen molar-refractivity contribution in [2.24, 2.45) is 11.8 Å². The molecular formula is C19H28N4O2. The van der Waals surface area contributed by atoms with Crippen LogP contribution >= 0.6 is 0 Å². The van der Waals surface area contributed by atoms with E-state index in [0.717, 1.165) is 11.3 Å². The van der Waals surface area contributed by atoms with Crippen LogP contribution in [0.1, 0.15) is 40.2 Å². The van der Waals surface area contributed by atoms with Crippen molar-refractivity contribution in [1.29, 1.82) is 5.26 Å². The summed E-state index contributed by atoms with van der Waals surface area (Å²) in [4.78, 5) is 24.0. The molecule has 1 rings (SSSR count). The highest BCUT2D eigenvalue weighted by Crippen LogP contribution is 2.21. The van der Waals surface area contributed by atoms with E-state index in [4.69, 9.17) is 0 Å². The van der Waals surface area contributed by atoms with E-state index in [0.29, 0.717) is 5.69 Å². The number of nitrogens with zero attached hydrogens (tertiary/aromatic N) is 1. The van der Waals surface area contributed by atoms with Gasteiger partial charge in [0.2, 0.25) is 11.8 Å². The fourth-order valence-corrected chi connectivity index (χ4v) is 1.99. The van der Waals surface area contributed by atoms with Gasteiger partial charge in [-0.2, -0.15) is 5.26 Å². The van der Waals surface area contributed by atoms with Crippen molar-refractivity contribution in [2.75, 3.05) is 17.2 Å². The van der Waals surface area contributed by atoms with E-state index < -0.39 is 5.54 Å². The van der Waals surface area contributed by atoms with Crippen LogP contribution in [-0.4, -0.2) is 23.9 Å². The van der Waals surface area contributed by atoms with Crippen molar-refractivity contribution in [2.45, 2.75) is 47.1 Å². The molecule has 3 N–H and O–H groups in total. The normalized spacial score (nSPS) is 13.1. The third-order valence-electron chi connectivity index (χ3n) is 4.25. The number of rotatable bonds is 7. The molecule has 1 atom stereocenters. The zero-order valence-corrected chi connectivity index (χ0v) is 15.9. The molecule has 0 aliphatic heterocycles. The van der Waals surface area contributed by atoms with Crippen molar-refractivity contribution in [3.8, 4) is 6.07 Å². The minimum absolute atomic E-state index is 0.00207. The number of amides is 2. The SMILES string of the molecule is Cc1ccc(NC(=O)C(C)C)cc1NCC(=O)N[C@](C)(C#N)C(C)C. The molecule has 0 aliphatic rings. The molecular weight excluding hydrogens is 316 g/mol. The smallest absolute Gasteiger partial charge is 0.240 e. The summed E-state index contributed by atoms with van der Waals surface area (Å²) in [7, 11) is 0. The molecule has 1 aromatic carbocycles. The molecule has 2 amide bonds. The Morgan fingerprint density at radius 3 is 2.40 bits per heavy atom. The van der Waals surface area contributed by atoms with Gasteiger partial charge in [-0.3, -0.25) is 9.59 Å². The van der Waals surface area contributed by atoms with E-state index >= 15 is 0 Å². The molecule has 25 heavy (non-hydrogen) atoms. The first-order chi connectivity index (χ1) is 11.6. The summed E-state index contributed by atoms with van der Waals surface area (Å²) >= 11 is 0. The summed E-state index contributed by atoms with van der Waals surface area (Å²) < 4.78 is 0. The molecule has 0 fully saturated rings. The van der Waals surface area contributed by atoms with Crippen molar-refractivity contribution in [1.82, 2.24) is 5.32 Å². The van der Waals surface area contributed by atoms with Crippen molar-refractivity contribution in [3.05, 3.63) is 23.8 Å². The first kappa shape index (κ1) is 20.5. The highest BCUT2D eigenvalue weighted by atomic mass is 16.2. The Morgan fingerprint density at radius 1 is 1.24 bits per heavy atom. The number of aryl methyl sites for hydroxylation is 1. The Morgan fingerprint density at radius 2 is 1.88 bits per heavy atom. The molecule has 1 aromatic rings. The summed E-state index contributed by atoms with van der Waals surface area (Å²) in [5.41, 5.74) is 1.50. The lowest BCUT2D eigenvalue weighted by Crippen LogP contribution is -2.50. The van der Waals surface area contributed by atoms with Gasteiger partial charge < -0.3 is 16.0 Å². The van der Waals surface area contributed by atoms with Gasteiger partial charge in [0, 0.05) is 17.3 Å².